The van der Waals surface area contributed by atoms with Gasteiger partial charge in [-0.05, 0) is 19.4 Å². The van der Waals surface area contributed by atoms with Crippen molar-refractivity contribution in [2.75, 3.05) is 0 Å². The predicted octanol–water partition coefficient (Wildman–Crippen LogP) is 3.03. The number of hydrogen-bond acceptors (Lipinski definition) is 3. The molecule has 0 fully saturated rings. The summed E-state index contributed by atoms with van der Waals surface area (Å²) in [5.74, 6) is -0.883. The second-order valence-corrected chi connectivity index (χ2v) is 4.78. The Hall–Kier alpha value is -1.62. The minimum Gasteiger partial charge on any atom is -0.478 e. The summed E-state index contributed by atoms with van der Waals surface area (Å²) < 4.78 is 1.95. The van der Waals surface area contributed by atoms with E-state index in [2.05, 4.69) is 12.0 Å². The Kier molecular flexibility index (Phi) is 3.28. The molecule has 90 valence electrons. The van der Waals surface area contributed by atoms with Crippen LogP contribution in [0.2, 0.25) is 0 Å². The number of aromatic carboxylic acids is 1. The lowest BCUT2D eigenvalue weighted by Crippen LogP contribution is -2.00. The summed E-state index contributed by atoms with van der Waals surface area (Å²) >= 11 is 1.44. The highest BCUT2D eigenvalue weighted by Gasteiger charge is 2.12. The summed E-state index contributed by atoms with van der Waals surface area (Å²) in [6.07, 6.45) is 2.84. The average Bonchev–Trinajstić information content (AvgIpc) is 2.87. The van der Waals surface area contributed by atoms with Gasteiger partial charge >= 0.3 is 5.97 Å². The van der Waals surface area contributed by atoms with Gasteiger partial charge < -0.3 is 5.11 Å². The van der Waals surface area contributed by atoms with E-state index in [0.29, 0.717) is 5.56 Å². The van der Waals surface area contributed by atoms with Gasteiger partial charge in [0.25, 0.3) is 0 Å². The Morgan fingerprint density at radius 1 is 1.59 bits per heavy atom. The van der Waals surface area contributed by atoms with Gasteiger partial charge in [-0.25, -0.2) is 4.79 Å². The van der Waals surface area contributed by atoms with Crippen molar-refractivity contribution in [3.8, 4) is 10.4 Å². The second-order valence-electron chi connectivity index (χ2n) is 3.87. The zero-order valence-electron chi connectivity index (χ0n) is 9.80. The minimum atomic E-state index is -0.883. The number of thiophene rings is 1. The maximum atomic E-state index is 10.8. The van der Waals surface area contributed by atoms with Gasteiger partial charge in [0.05, 0.1) is 11.8 Å². The lowest BCUT2D eigenvalue weighted by molar-refractivity contribution is 0.0697. The van der Waals surface area contributed by atoms with E-state index in [1.54, 1.807) is 11.4 Å². The Bertz CT molecular complexity index is 542. The van der Waals surface area contributed by atoms with E-state index in [1.165, 1.54) is 11.3 Å². The molecule has 0 amide bonds. The molecule has 0 saturated carbocycles. The standard InChI is InChI=1S/C12H14N2O2S/c1-3-4-14-8(2)10(6-13-14)11-5-9(7-17-11)12(15)16/h5-7H,3-4H2,1-2H3,(H,15,16). The van der Waals surface area contributed by atoms with E-state index in [1.807, 2.05) is 17.8 Å². The first-order chi connectivity index (χ1) is 8.13. The SMILES string of the molecule is CCCn1ncc(-c2cc(C(=O)O)cs2)c1C. The zero-order valence-corrected chi connectivity index (χ0v) is 10.6. The average molecular weight is 250 g/mol. The molecule has 0 aliphatic carbocycles. The van der Waals surface area contributed by atoms with E-state index in [-0.39, 0.29) is 0 Å². The largest absolute Gasteiger partial charge is 0.478 e. The molecule has 2 aromatic heterocycles. The molecule has 0 aliphatic heterocycles. The zero-order chi connectivity index (χ0) is 12.4. The van der Waals surface area contributed by atoms with Gasteiger partial charge in [-0.1, -0.05) is 6.92 Å². The summed E-state index contributed by atoms with van der Waals surface area (Å²) in [6, 6.07) is 1.70. The van der Waals surface area contributed by atoms with Crippen molar-refractivity contribution in [3.63, 3.8) is 0 Å². The van der Waals surface area contributed by atoms with Crippen LogP contribution in [0.1, 0.15) is 29.4 Å². The number of carbonyl (C=O) groups is 1. The predicted molar refractivity (Wildman–Crippen MR) is 67.5 cm³/mol. The van der Waals surface area contributed by atoms with E-state index in [9.17, 15) is 4.79 Å². The number of aromatic nitrogens is 2. The fraction of sp³-hybridized carbons (Fsp3) is 0.333. The Morgan fingerprint density at radius 2 is 2.35 bits per heavy atom. The highest BCUT2D eigenvalue weighted by Crippen LogP contribution is 2.29. The summed E-state index contributed by atoms with van der Waals surface area (Å²) in [5.41, 5.74) is 2.45. The molecule has 4 nitrogen and oxygen atoms in total. The van der Waals surface area contributed by atoms with Gasteiger partial charge in [0, 0.05) is 28.1 Å². The first kappa shape index (κ1) is 11.9. The van der Waals surface area contributed by atoms with Crippen LogP contribution in [-0.4, -0.2) is 20.9 Å². The normalized spacial score (nSPS) is 10.7. The Balaban J connectivity index is 2.35. The molecule has 0 unspecified atom stereocenters. The number of hydrogen-bond donors (Lipinski definition) is 1. The summed E-state index contributed by atoms with van der Waals surface area (Å²) in [7, 11) is 0. The van der Waals surface area contributed by atoms with E-state index in [0.717, 1.165) is 29.1 Å². The molecule has 5 heteroatoms. The molecule has 2 rings (SSSR count). The van der Waals surface area contributed by atoms with Crippen LogP contribution < -0.4 is 0 Å². The minimum absolute atomic E-state index is 0.340. The second kappa shape index (κ2) is 4.71. The van der Waals surface area contributed by atoms with Crippen LogP contribution in [0.5, 0.6) is 0 Å². The van der Waals surface area contributed by atoms with Crippen LogP contribution in [0.3, 0.4) is 0 Å². The molecule has 0 saturated heterocycles. The first-order valence-electron chi connectivity index (χ1n) is 5.48. The van der Waals surface area contributed by atoms with Crippen LogP contribution >= 0.6 is 11.3 Å². The Morgan fingerprint density at radius 3 is 2.94 bits per heavy atom. The Labute approximate surface area is 104 Å². The van der Waals surface area contributed by atoms with Crippen molar-refractivity contribution < 1.29 is 9.90 Å². The third-order valence-electron chi connectivity index (χ3n) is 2.65. The van der Waals surface area contributed by atoms with Crippen molar-refractivity contribution in [3.05, 3.63) is 28.9 Å². The molecule has 2 heterocycles. The maximum absolute atomic E-state index is 10.8. The highest BCUT2D eigenvalue weighted by atomic mass is 32.1. The van der Waals surface area contributed by atoms with Gasteiger partial charge in [-0.3, -0.25) is 4.68 Å². The summed E-state index contributed by atoms with van der Waals surface area (Å²) in [5, 5.41) is 14.9. The van der Waals surface area contributed by atoms with Crippen molar-refractivity contribution in [1.82, 2.24) is 9.78 Å². The van der Waals surface area contributed by atoms with Crippen LogP contribution in [0.4, 0.5) is 0 Å². The molecule has 0 aliphatic rings. The van der Waals surface area contributed by atoms with Crippen LogP contribution in [-0.2, 0) is 6.54 Å². The third kappa shape index (κ3) is 2.24. The monoisotopic (exact) mass is 250 g/mol. The number of nitrogens with zero attached hydrogens (tertiary/aromatic N) is 2. The van der Waals surface area contributed by atoms with E-state index in [4.69, 9.17) is 5.11 Å². The topological polar surface area (TPSA) is 55.1 Å². The molecule has 0 bridgehead atoms. The summed E-state index contributed by atoms with van der Waals surface area (Å²) in [6.45, 7) is 5.01. The van der Waals surface area contributed by atoms with Gasteiger partial charge in [-0.2, -0.15) is 5.10 Å². The van der Waals surface area contributed by atoms with Crippen molar-refractivity contribution in [2.45, 2.75) is 26.8 Å². The van der Waals surface area contributed by atoms with Crippen molar-refractivity contribution >= 4 is 17.3 Å². The van der Waals surface area contributed by atoms with E-state index >= 15 is 0 Å². The molecule has 17 heavy (non-hydrogen) atoms. The lowest BCUT2D eigenvalue weighted by atomic mass is 10.2. The number of carboxylic acid groups (broad SMARTS) is 1. The quantitative estimate of drug-likeness (QED) is 0.907. The molecule has 0 atom stereocenters. The summed E-state index contributed by atoms with van der Waals surface area (Å²) in [4.78, 5) is 11.8. The third-order valence-corrected chi connectivity index (χ3v) is 3.61. The number of rotatable bonds is 4. The molecular formula is C12H14N2O2S. The lowest BCUT2D eigenvalue weighted by Gasteiger charge is -2.01. The van der Waals surface area contributed by atoms with E-state index < -0.39 is 5.97 Å². The number of carboxylic acids is 1. The number of aryl methyl sites for hydroxylation is 1. The molecule has 2 aromatic rings. The van der Waals surface area contributed by atoms with Gasteiger partial charge in [0.2, 0.25) is 0 Å². The molecule has 1 N–H and O–H groups in total. The smallest absolute Gasteiger partial charge is 0.336 e. The molecule has 0 aromatic carbocycles. The molecule has 0 spiro atoms. The van der Waals surface area contributed by atoms with Crippen LogP contribution in [0.25, 0.3) is 10.4 Å². The van der Waals surface area contributed by atoms with Crippen molar-refractivity contribution in [1.29, 1.82) is 0 Å². The van der Waals surface area contributed by atoms with Gasteiger partial charge in [-0.15, -0.1) is 11.3 Å². The first-order valence-corrected chi connectivity index (χ1v) is 6.36. The van der Waals surface area contributed by atoms with Gasteiger partial charge in [0.1, 0.15) is 0 Å². The highest BCUT2D eigenvalue weighted by molar-refractivity contribution is 7.13. The van der Waals surface area contributed by atoms with Gasteiger partial charge in [0.15, 0.2) is 0 Å². The molecule has 0 radical (unpaired) electrons. The van der Waals surface area contributed by atoms with Crippen LogP contribution in [0.15, 0.2) is 17.6 Å². The molecular weight excluding hydrogens is 236 g/mol. The fourth-order valence-electron chi connectivity index (χ4n) is 1.72. The van der Waals surface area contributed by atoms with Crippen LogP contribution in [0, 0.1) is 6.92 Å². The fourth-order valence-corrected chi connectivity index (χ4v) is 2.66. The van der Waals surface area contributed by atoms with Crippen molar-refractivity contribution in [2.24, 2.45) is 0 Å². The maximum Gasteiger partial charge on any atom is 0.336 e.